The van der Waals surface area contributed by atoms with Crippen molar-refractivity contribution < 1.29 is 13.7 Å². The number of piperidine rings is 1. The zero-order valence-corrected chi connectivity index (χ0v) is 15.6. The van der Waals surface area contributed by atoms with Gasteiger partial charge in [-0.15, -0.1) is 12.4 Å². The molecule has 6 nitrogen and oxygen atoms in total. The number of halogens is 2. The lowest BCUT2D eigenvalue weighted by Gasteiger charge is -2.31. The Hall–Kier alpha value is -1.99. The van der Waals surface area contributed by atoms with E-state index in [4.69, 9.17) is 4.52 Å². The molecule has 0 atom stereocenters. The first-order chi connectivity index (χ1) is 12.1. The van der Waals surface area contributed by atoms with Gasteiger partial charge < -0.3 is 14.7 Å². The molecule has 8 heteroatoms. The minimum atomic E-state index is -0.302. The summed E-state index contributed by atoms with van der Waals surface area (Å²) in [5, 5.41) is 7.22. The van der Waals surface area contributed by atoms with Gasteiger partial charge in [0.15, 0.2) is 0 Å². The second-order valence-electron chi connectivity index (χ2n) is 6.36. The number of rotatable bonds is 6. The predicted molar refractivity (Wildman–Crippen MR) is 98.5 cm³/mol. The standard InChI is InChI=1S/C18H23FN4O2.ClH/c1-23(15-9-11-20-12-10-15)17(24)4-2-3-16-21-18(22-25-16)13-5-7-14(19)8-6-13;/h5-8,15,20H,2-4,9-12H2,1H3;1H. The first-order valence-electron chi connectivity index (χ1n) is 8.68. The topological polar surface area (TPSA) is 71.3 Å². The van der Waals surface area contributed by atoms with E-state index in [0.717, 1.165) is 25.9 Å². The van der Waals surface area contributed by atoms with E-state index < -0.39 is 0 Å². The maximum absolute atomic E-state index is 12.9. The van der Waals surface area contributed by atoms with Crippen LogP contribution in [0.25, 0.3) is 11.4 Å². The summed E-state index contributed by atoms with van der Waals surface area (Å²) < 4.78 is 18.2. The van der Waals surface area contributed by atoms with E-state index in [1.165, 1.54) is 12.1 Å². The first-order valence-corrected chi connectivity index (χ1v) is 8.68. The van der Waals surface area contributed by atoms with Gasteiger partial charge in [-0.25, -0.2) is 4.39 Å². The van der Waals surface area contributed by atoms with E-state index in [0.29, 0.717) is 42.6 Å². The van der Waals surface area contributed by atoms with Gasteiger partial charge >= 0.3 is 0 Å². The van der Waals surface area contributed by atoms with E-state index in [2.05, 4.69) is 15.5 Å². The average Bonchev–Trinajstić information content (AvgIpc) is 3.11. The molecule has 2 heterocycles. The Morgan fingerprint density at radius 3 is 2.69 bits per heavy atom. The molecule has 2 aromatic rings. The van der Waals surface area contributed by atoms with Gasteiger partial charge in [-0.3, -0.25) is 4.79 Å². The summed E-state index contributed by atoms with van der Waals surface area (Å²) in [7, 11) is 1.89. The Bertz CT molecular complexity index is 701. The third kappa shape index (κ3) is 5.25. The Kier molecular flexibility index (Phi) is 7.53. The first kappa shape index (κ1) is 20.3. The maximum Gasteiger partial charge on any atom is 0.226 e. The predicted octanol–water partition coefficient (Wildman–Crippen LogP) is 2.83. The molecule has 3 rings (SSSR count). The third-order valence-corrected chi connectivity index (χ3v) is 4.60. The Balaban J connectivity index is 0.00000243. The van der Waals surface area contributed by atoms with Gasteiger partial charge in [0.25, 0.3) is 0 Å². The van der Waals surface area contributed by atoms with E-state index >= 15 is 0 Å². The molecule has 0 spiro atoms. The molecule has 1 N–H and O–H groups in total. The highest BCUT2D eigenvalue weighted by Crippen LogP contribution is 2.17. The molecule has 0 aliphatic carbocycles. The molecule has 1 aromatic carbocycles. The fourth-order valence-corrected chi connectivity index (χ4v) is 3.04. The van der Waals surface area contributed by atoms with Gasteiger partial charge in [-0.2, -0.15) is 4.98 Å². The van der Waals surface area contributed by atoms with Crippen LogP contribution in [0, 0.1) is 5.82 Å². The maximum atomic E-state index is 12.9. The number of nitrogens with one attached hydrogen (secondary N) is 1. The van der Waals surface area contributed by atoms with Crippen molar-refractivity contribution in [1.29, 1.82) is 0 Å². The van der Waals surface area contributed by atoms with Crippen LogP contribution in [0.15, 0.2) is 28.8 Å². The van der Waals surface area contributed by atoms with Crippen LogP contribution in [0.5, 0.6) is 0 Å². The smallest absolute Gasteiger partial charge is 0.226 e. The second-order valence-corrected chi connectivity index (χ2v) is 6.36. The van der Waals surface area contributed by atoms with E-state index in [-0.39, 0.29) is 24.1 Å². The van der Waals surface area contributed by atoms with Crippen LogP contribution >= 0.6 is 12.4 Å². The normalized spacial score (nSPS) is 14.7. The molecule has 0 radical (unpaired) electrons. The number of aryl methyl sites for hydroxylation is 1. The van der Waals surface area contributed by atoms with Crippen LogP contribution in [-0.2, 0) is 11.2 Å². The summed E-state index contributed by atoms with van der Waals surface area (Å²) in [6.07, 6.45) is 3.70. The van der Waals surface area contributed by atoms with Crippen LogP contribution in [-0.4, -0.2) is 47.1 Å². The SMILES string of the molecule is CN(C(=O)CCCc1nc(-c2ccc(F)cc2)no1)C1CCNCC1.Cl. The lowest BCUT2D eigenvalue weighted by molar-refractivity contribution is -0.132. The summed E-state index contributed by atoms with van der Waals surface area (Å²) in [4.78, 5) is 18.5. The number of carbonyl (C=O) groups is 1. The van der Waals surface area contributed by atoms with Crippen LogP contribution in [0.3, 0.4) is 0 Å². The van der Waals surface area contributed by atoms with Gasteiger partial charge in [-0.1, -0.05) is 5.16 Å². The zero-order chi connectivity index (χ0) is 17.6. The molecule has 1 saturated heterocycles. The van der Waals surface area contributed by atoms with E-state index in [1.54, 1.807) is 12.1 Å². The second kappa shape index (κ2) is 9.64. The molecule has 1 fully saturated rings. The van der Waals surface area contributed by atoms with Crippen molar-refractivity contribution in [3.8, 4) is 11.4 Å². The number of hydrogen-bond donors (Lipinski definition) is 1. The number of benzene rings is 1. The lowest BCUT2D eigenvalue weighted by Crippen LogP contribution is -2.43. The summed E-state index contributed by atoms with van der Waals surface area (Å²) in [5.74, 6) is 0.791. The molecule has 0 saturated carbocycles. The molecule has 1 aliphatic heterocycles. The molecule has 1 aliphatic rings. The van der Waals surface area contributed by atoms with Gasteiger partial charge in [0, 0.05) is 31.5 Å². The number of hydrogen-bond acceptors (Lipinski definition) is 5. The van der Waals surface area contributed by atoms with Crippen molar-refractivity contribution in [2.45, 2.75) is 38.1 Å². The van der Waals surface area contributed by atoms with Crippen LogP contribution < -0.4 is 5.32 Å². The van der Waals surface area contributed by atoms with Crippen molar-refractivity contribution in [2.24, 2.45) is 0 Å². The van der Waals surface area contributed by atoms with E-state index in [1.807, 2.05) is 11.9 Å². The van der Waals surface area contributed by atoms with Crippen LogP contribution in [0.2, 0.25) is 0 Å². The number of nitrogens with zero attached hydrogens (tertiary/aromatic N) is 3. The largest absolute Gasteiger partial charge is 0.343 e. The Labute approximate surface area is 158 Å². The fourth-order valence-electron chi connectivity index (χ4n) is 3.04. The molecule has 0 unspecified atom stereocenters. The minimum Gasteiger partial charge on any atom is -0.343 e. The fraction of sp³-hybridized carbons (Fsp3) is 0.500. The van der Waals surface area contributed by atoms with Crippen molar-refractivity contribution in [1.82, 2.24) is 20.4 Å². The van der Waals surface area contributed by atoms with E-state index in [9.17, 15) is 9.18 Å². The Morgan fingerprint density at radius 1 is 1.31 bits per heavy atom. The molecule has 0 bridgehead atoms. The molecule has 142 valence electrons. The van der Waals surface area contributed by atoms with Gasteiger partial charge in [0.05, 0.1) is 0 Å². The van der Waals surface area contributed by atoms with Crippen LogP contribution in [0.4, 0.5) is 4.39 Å². The van der Waals surface area contributed by atoms with Gasteiger partial charge in [0.1, 0.15) is 5.82 Å². The van der Waals surface area contributed by atoms with Crippen molar-refractivity contribution >= 4 is 18.3 Å². The highest BCUT2D eigenvalue weighted by molar-refractivity contribution is 5.85. The molecule has 26 heavy (non-hydrogen) atoms. The van der Waals surface area contributed by atoms with Crippen molar-refractivity contribution in [3.05, 3.63) is 36.0 Å². The average molecular weight is 383 g/mol. The summed E-state index contributed by atoms with van der Waals surface area (Å²) >= 11 is 0. The number of aromatic nitrogens is 2. The molecular formula is C18H24ClFN4O2. The van der Waals surface area contributed by atoms with Gasteiger partial charge in [-0.05, 0) is 56.6 Å². The molecule has 1 aromatic heterocycles. The zero-order valence-electron chi connectivity index (χ0n) is 14.8. The molecular weight excluding hydrogens is 359 g/mol. The number of carbonyl (C=O) groups excluding carboxylic acids is 1. The Morgan fingerprint density at radius 2 is 2.00 bits per heavy atom. The van der Waals surface area contributed by atoms with Crippen LogP contribution in [0.1, 0.15) is 31.6 Å². The minimum absolute atomic E-state index is 0. The summed E-state index contributed by atoms with van der Waals surface area (Å²) in [6.45, 7) is 1.94. The summed E-state index contributed by atoms with van der Waals surface area (Å²) in [6, 6.07) is 6.28. The van der Waals surface area contributed by atoms with Crippen molar-refractivity contribution in [3.63, 3.8) is 0 Å². The van der Waals surface area contributed by atoms with Gasteiger partial charge in [0.2, 0.25) is 17.6 Å². The summed E-state index contributed by atoms with van der Waals surface area (Å²) in [5.41, 5.74) is 0.707. The lowest BCUT2D eigenvalue weighted by atomic mass is 10.0. The molecule has 1 amide bonds. The third-order valence-electron chi connectivity index (χ3n) is 4.60. The monoisotopic (exact) mass is 382 g/mol. The van der Waals surface area contributed by atoms with Crippen molar-refractivity contribution in [2.75, 3.05) is 20.1 Å². The quantitative estimate of drug-likeness (QED) is 0.831. The highest BCUT2D eigenvalue weighted by atomic mass is 35.5. The highest BCUT2D eigenvalue weighted by Gasteiger charge is 2.21. The number of amides is 1.